The Morgan fingerprint density at radius 3 is 2.71 bits per heavy atom. The van der Waals surface area contributed by atoms with Crippen molar-refractivity contribution in [3.63, 3.8) is 0 Å². The van der Waals surface area contributed by atoms with Crippen LogP contribution in [-0.4, -0.2) is 39.7 Å². The Morgan fingerprint density at radius 2 is 2.18 bits per heavy atom. The fourth-order valence-corrected chi connectivity index (χ4v) is 1.15. The van der Waals surface area contributed by atoms with Gasteiger partial charge in [0.2, 0.25) is 5.95 Å². The number of aromatic nitrogens is 1. The summed E-state index contributed by atoms with van der Waals surface area (Å²) in [6, 6.07) is 2.40. The number of hydrogen-bond donors (Lipinski definition) is 3. The van der Waals surface area contributed by atoms with E-state index in [1.54, 1.807) is 0 Å². The van der Waals surface area contributed by atoms with Crippen LogP contribution in [0.5, 0.6) is 0 Å². The lowest BCUT2D eigenvalue weighted by Gasteiger charge is -2.12. The van der Waals surface area contributed by atoms with Crippen LogP contribution in [0.2, 0.25) is 0 Å². The molecule has 3 N–H and O–H groups in total. The summed E-state index contributed by atoms with van der Waals surface area (Å²) in [6.07, 6.45) is -0.129. The molecule has 1 rings (SSSR count). The van der Waals surface area contributed by atoms with Gasteiger partial charge in [-0.25, -0.2) is 9.78 Å². The summed E-state index contributed by atoms with van der Waals surface area (Å²) in [6.45, 7) is -0.381. The number of aliphatic hydroxyl groups excluding tert-OH is 1. The van der Waals surface area contributed by atoms with Gasteiger partial charge in [-0.15, -0.1) is 0 Å². The first-order chi connectivity index (χ1) is 8.04. The second-order valence-corrected chi connectivity index (χ2v) is 3.22. The largest absolute Gasteiger partial charge is 0.480 e. The molecule has 0 saturated carbocycles. The third-order valence-corrected chi connectivity index (χ3v) is 1.97. The van der Waals surface area contributed by atoms with E-state index in [2.05, 4.69) is 10.3 Å². The highest BCUT2D eigenvalue weighted by Crippen LogP contribution is 2.00. The van der Waals surface area contributed by atoms with Gasteiger partial charge >= 0.3 is 5.97 Å². The molecule has 0 aliphatic heterocycles. The molecule has 0 fully saturated rings. The molecule has 1 heterocycles. The van der Waals surface area contributed by atoms with E-state index in [-0.39, 0.29) is 18.7 Å². The van der Waals surface area contributed by atoms with E-state index in [0.717, 1.165) is 6.07 Å². The number of aliphatic hydroxyl groups is 1. The van der Waals surface area contributed by atoms with Crippen LogP contribution in [-0.2, 0) is 4.79 Å². The SMILES string of the molecule is O=C(N[C@H](CCO)C(=O)O)c1cccc(F)n1. The van der Waals surface area contributed by atoms with Crippen LogP contribution < -0.4 is 5.32 Å². The lowest BCUT2D eigenvalue weighted by atomic mass is 10.2. The first-order valence-corrected chi connectivity index (χ1v) is 4.81. The minimum absolute atomic E-state index is 0.129. The van der Waals surface area contributed by atoms with E-state index in [9.17, 15) is 14.0 Å². The minimum Gasteiger partial charge on any atom is -0.480 e. The molecule has 0 unspecified atom stereocenters. The highest BCUT2D eigenvalue weighted by atomic mass is 19.1. The maximum atomic E-state index is 12.7. The molecule has 0 aliphatic carbocycles. The number of nitrogens with one attached hydrogen (secondary N) is 1. The third-order valence-electron chi connectivity index (χ3n) is 1.97. The summed E-state index contributed by atoms with van der Waals surface area (Å²) >= 11 is 0. The van der Waals surface area contributed by atoms with Crippen molar-refractivity contribution < 1.29 is 24.2 Å². The molecule has 92 valence electrons. The Morgan fingerprint density at radius 1 is 1.47 bits per heavy atom. The molecule has 17 heavy (non-hydrogen) atoms. The number of pyridine rings is 1. The first kappa shape index (κ1) is 13.0. The van der Waals surface area contributed by atoms with Crippen LogP contribution in [0.4, 0.5) is 4.39 Å². The van der Waals surface area contributed by atoms with Crippen molar-refractivity contribution in [3.8, 4) is 0 Å². The molecule has 1 amide bonds. The van der Waals surface area contributed by atoms with E-state index in [4.69, 9.17) is 10.2 Å². The Labute approximate surface area is 96.1 Å². The normalized spacial score (nSPS) is 11.9. The second kappa shape index (κ2) is 5.90. The number of rotatable bonds is 5. The van der Waals surface area contributed by atoms with Crippen LogP contribution in [0, 0.1) is 5.95 Å². The number of hydrogen-bond acceptors (Lipinski definition) is 4. The second-order valence-electron chi connectivity index (χ2n) is 3.22. The zero-order valence-corrected chi connectivity index (χ0v) is 8.76. The van der Waals surface area contributed by atoms with Gasteiger partial charge in [-0.1, -0.05) is 6.07 Å². The molecular weight excluding hydrogens is 231 g/mol. The lowest BCUT2D eigenvalue weighted by Crippen LogP contribution is -2.41. The fraction of sp³-hybridized carbons (Fsp3) is 0.300. The van der Waals surface area contributed by atoms with Crippen molar-refractivity contribution in [2.24, 2.45) is 0 Å². The average Bonchev–Trinajstić information content (AvgIpc) is 2.28. The number of carbonyl (C=O) groups is 2. The summed E-state index contributed by atoms with van der Waals surface area (Å²) in [7, 11) is 0. The Bertz CT molecular complexity index is 425. The molecular formula is C10H11FN2O4. The monoisotopic (exact) mass is 242 g/mol. The third kappa shape index (κ3) is 3.80. The van der Waals surface area contributed by atoms with Gasteiger partial charge in [-0.05, 0) is 12.1 Å². The van der Waals surface area contributed by atoms with E-state index >= 15 is 0 Å². The predicted molar refractivity (Wildman–Crippen MR) is 54.8 cm³/mol. The lowest BCUT2D eigenvalue weighted by molar-refractivity contribution is -0.139. The molecule has 1 aromatic heterocycles. The van der Waals surface area contributed by atoms with Crippen LogP contribution in [0.3, 0.4) is 0 Å². The predicted octanol–water partition coefficient (Wildman–Crippen LogP) is -0.214. The van der Waals surface area contributed by atoms with Crippen molar-refractivity contribution in [2.75, 3.05) is 6.61 Å². The molecule has 0 spiro atoms. The maximum absolute atomic E-state index is 12.7. The summed E-state index contributed by atoms with van der Waals surface area (Å²) in [5, 5.41) is 19.5. The number of halogens is 1. The van der Waals surface area contributed by atoms with Gasteiger partial charge in [0.05, 0.1) is 0 Å². The molecule has 7 heteroatoms. The highest BCUT2D eigenvalue weighted by Gasteiger charge is 2.20. The molecule has 0 aromatic carbocycles. The molecule has 0 bridgehead atoms. The number of aliphatic carboxylic acids is 1. The van der Waals surface area contributed by atoms with Gasteiger partial charge in [0.15, 0.2) is 0 Å². The van der Waals surface area contributed by atoms with Crippen LogP contribution in [0.1, 0.15) is 16.9 Å². The van der Waals surface area contributed by atoms with Gasteiger partial charge < -0.3 is 15.5 Å². The molecule has 1 aromatic rings. The molecule has 6 nitrogen and oxygen atoms in total. The van der Waals surface area contributed by atoms with E-state index in [0.29, 0.717) is 0 Å². The van der Waals surface area contributed by atoms with Crippen molar-refractivity contribution in [1.82, 2.24) is 10.3 Å². The average molecular weight is 242 g/mol. The van der Waals surface area contributed by atoms with Crippen molar-refractivity contribution in [1.29, 1.82) is 0 Å². The highest BCUT2D eigenvalue weighted by molar-refractivity contribution is 5.94. The number of nitrogens with zero attached hydrogens (tertiary/aromatic N) is 1. The van der Waals surface area contributed by atoms with Gasteiger partial charge in [0, 0.05) is 13.0 Å². The minimum atomic E-state index is -1.27. The topological polar surface area (TPSA) is 99.5 Å². The first-order valence-electron chi connectivity index (χ1n) is 4.81. The number of carbonyl (C=O) groups excluding carboxylic acids is 1. The Kier molecular flexibility index (Phi) is 4.53. The number of amides is 1. The van der Waals surface area contributed by atoms with Crippen molar-refractivity contribution in [2.45, 2.75) is 12.5 Å². The molecule has 0 aliphatic rings. The smallest absolute Gasteiger partial charge is 0.326 e. The van der Waals surface area contributed by atoms with Gasteiger partial charge in [-0.3, -0.25) is 4.79 Å². The van der Waals surface area contributed by atoms with Crippen LogP contribution >= 0.6 is 0 Å². The summed E-state index contributed by atoms with van der Waals surface area (Å²) in [4.78, 5) is 25.5. The Hall–Kier alpha value is -2.02. The van der Waals surface area contributed by atoms with E-state index in [1.165, 1.54) is 12.1 Å². The van der Waals surface area contributed by atoms with Crippen LogP contribution in [0.15, 0.2) is 18.2 Å². The van der Waals surface area contributed by atoms with Crippen LogP contribution in [0.25, 0.3) is 0 Å². The molecule has 0 saturated heterocycles. The zero-order chi connectivity index (χ0) is 12.8. The number of carboxylic acids is 1. The van der Waals surface area contributed by atoms with Crippen molar-refractivity contribution >= 4 is 11.9 Å². The standard InChI is InChI=1S/C10H11FN2O4/c11-8-3-1-2-6(12-8)9(15)13-7(4-5-14)10(16)17/h1-3,7,14H,4-5H2,(H,13,15)(H,16,17)/t7-/m1/s1. The zero-order valence-electron chi connectivity index (χ0n) is 8.76. The summed E-state index contributed by atoms with van der Waals surface area (Å²) < 4.78 is 12.7. The Balaban J connectivity index is 2.73. The quantitative estimate of drug-likeness (QED) is 0.620. The molecule has 1 atom stereocenters. The van der Waals surface area contributed by atoms with E-state index in [1.807, 2.05) is 0 Å². The van der Waals surface area contributed by atoms with Crippen molar-refractivity contribution in [3.05, 3.63) is 29.8 Å². The summed E-state index contributed by atoms with van der Waals surface area (Å²) in [5.41, 5.74) is -0.214. The van der Waals surface area contributed by atoms with Gasteiger partial charge in [0.1, 0.15) is 11.7 Å². The fourth-order valence-electron chi connectivity index (χ4n) is 1.15. The number of carboxylic acid groups (broad SMARTS) is 1. The van der Waals surface area contributed by atoms with Gasteiger partial charge in [-0.2, -0.15) is 4.39 Å². The summed E-state index contributed by atoms with van der Waals surface area (Å²) in [5.74, 6) is -2.90. The molecule has 0 radical (unpaired) electrons. The van der Waals surface area contributed by atoms with Gasteiger partial charge in [0.25, 0.3) is 5.91 Å². The van der Waals surface area contributed by atoms with E-state index < -0.39 is 23.9 Å². The maximum Gasteiger partial charge on any atom is 0.326 e.